The monoisotopic (exact) mass is 344 g/mol. The molecule has 0 bridgehead atoms. The molecule has 0 aliphatic heterocycles. The van der Waals surface area contributed by atoms with Gasteiger partial charge < -0.3 is 14.6 Å². The number of anilines is 1. The van der Waals surface area contributed by atoms with Gasteiger partial charge in [0, 0.05) is 23.7 Å². The molecule has 7 heteroatoms. The number of rotatable bonds is 7. The minimum absolute atomic E-state index is 0.0495. The number of hydrogen-bond donors (Lipinski definition) is 1. The van der Waals surface area contributed by atoms with Crippen molar-refractivity contribution in [3.63, 3.8) is 0 Å². The van der Waals surface area contributed by atoms with E-state index >= 15 is 0 Å². The lowest BCUT2D eigenvalue weighted by molar-refractivity contribution is -0.113. The van der Waals surface area contributed by atoms with Crippen molar-refractivity contribution in [1.29, 1.82) is 0 Å². The summed E-state index contributed by atoms with van der Waals surface area (Å²) in [6.07, 6.45) is 4.82. The van der Waals surface area contributed by atoms with Gasteiger partial charge in [0.2, 0.25) is 5.91 Å². The van der Waals surface area contributed by atoms with Gasteiger partial charge in [0.1, 0.15) is 11.6 Å². The van der Waals surface area contributed by atoms with Gasteiger partial charge in [-0.3, -0.25) is 4.79 Å². The summed E-state index contributed by atoms with van der Waals surface area (Å²) < 4.78 is 7.43. The van der Waals surface area contributed by atoms with Crippen molar-refractivity contribution in [2.75, 3.05) is 18.2 Å². The van der Waals surface area contributed by atoms with Crippen LogP contribution in [0.15, 0.2) is 29.4 Å². The van der Waals surface area contributed by atoms with E-state index in [-0.39, 0.29) is 5.91 Å². The summed E-state index contributed by atoms with van der Waals surface area (Å²) in [4.78, 5) is 12.2. The number of ether oxygens (including phenoxy) is 1. The normalized spacial score (nSPS) is 16.9. The molecule has 2 aliphatic carbocycles. The molecular formula is C17H20N4O2S. The summed E-state index contributed by atoms with van der Waals surface area (Å²) in [6, 6.07) is 7.90. The SMILES string of the molecule is COc1cccc(NC(=O)CSc2nnc(C3CC3)n2C2CC2)c1. The van der Waals surface area contributed by atoms with E-state index in [9.17, 15) is 4.79 Å². The third-order valence-electron chi connectivity index (χ3n) is 4.23. The fraction of sp³-hybridized carbons (Fsp3) is 0.471. The first-order chi connectivity index (χ1) is 11.7. The molecule has 2 saturated carbocycles. The van der Waals surface area contributed by atoms with Crippen LogP contribution in [0.3, 0.4) is 0 Å². The smallest absolute Gasteiger partial charge is 0.234 e. The molecule has 24 heavy (non-hydrogen) atoms. The topological polar surface area (TPSA) is 69.0 Å². The molecule has 0 spiro atoms. The molecule has 0 atom stereocenters. The Kier molecular flexibility index (Phi) is 4.18. The quantitative estimate of drug-likeness (QED) is 0.781. The number of carbonyl (C=O) groups is 1. The van der Waals surface area contributed by atoms with Crippen LogP contribution in [0.4, 0.5) is 5.69 Å². The Morgan fingerprint density at radius 1 is 1.33 bits per heavy atom. The van der Waals surface area contributed by atoms with Crippen molar-refractivity contribution < 1.29 is 9.53 Å². The Balaban J connectivity index is 1.39. The van der Waals surface area contributed by atoms with Crippen LogP contribution in [0.25, 0.3) is 0 Å². The van der Waals surface area contributed by atoms with E-state index in [0.29, 0.717) is 17.7 Å². The third kappa shape index (κ3) is 3.40. The van der Waals surface area contributed by atoms with Crippen LogP contribution >= 0.6 is 11.8 Å². The zero-order valence-electron chi connectivity index (χ0n) is 13.6. The van der Waals surface area contributed by atoms with Crippen molar-refractivity contribution in [2.24, 2.45) is 0 Å². The fourth-order valence-corrected chi connectivity index (χ4v) is 3.52. The zero-order chi connectivity index (χ0) is 16.5. The number of hydrogen-bond acceptors (Lipinski definition) is 5. The van der Waals surface area contributed by atoms with Gasteiger partial charge in [-0.15, -0.1) is 10.2 Å². The second kappa shape index (κ2) is 6.47. The second-order valence-corrected chi connectivity index (χ2v) is 7.23. The van der Waals surface area contributed by atoms with E-state index in [1.54, 1.807) is 13.2 Å². The molecule has 2 aliphatic rings. The first-order valence-electron chi connectivity index (χ1n) is 8.26. The molecule has 1 amide bonds. The van der Waals surface area contributed by atoms with Crippen molar-refractivity contribution in [3.05, 3.63) is 30.1 Å². The number of thioether (sulfide) groups is 1. The molecule has 4 rings (SSSR count). The summed E-state index contributed by atoms with van der Waals surface area (Å²) >= 11 is 1.46. The largest absolute Gasteiger partial charge is 0.497 e. The van der Waals surface area contributed by atoms with Crippen LogP contribution in [0.2, 0.25) is 0 Å². The highest BCUT2D eigenvalue weighted by Gasteiger charge is 2.36. The second-order valence-electron chi connectivity index (χ2n) is 6.29. The molecule has 1 N–H and O–H groups in total. The van der Waals surface area contributed by atoms with E-state index in [0.717, 1.165) is 22.4 Å². The van der Waals surface area contributed by atoms with Crippen LogP contribution < -0.4 is 10.1 Å². The van der Waals surface area contributed by atoms with Crippen molar-refractivity contribution in [3.8, 4) is 5.75 Å². The van der Waals surface area contributed by atoms with Gasteiger partial charge in [0.15, 0.2) is 5.16 Å². The van der Waals surface area contributed by atoms with E-state index in [2.05, 4.69) is 20.1 Å². The van der Waals surface area contributed by atoms with Gasteiger partial charge in [-0.05, 0) is 37.8 Å². The van der Waals surface area contributed by atoms with Gasteiger partial charge in [0.05, 0.1) is 12.9 Å². The van der Waals surface area contributed by atoms with E-state index in [4.69, 9.17) is 4.74 Å². The van der Waals surface area contributed by atoms with E-state index in [1.165, 1.54) is 37.4 Å². The molecule has 126 valence electrons. The highest BCUT2D eigenvalue weighted by molar-refractivity contribution is 7.99. The number of carbonyl (C=O) groups excluding carboxylic acids is 1. The molecule has 1 aromatic heterocycles. The molecule has 0 unspecified atom stereocenters. The molecule has 2 fully saturated rings. The summed E-state index contributed by atoms with van der Waals surface area (Å²) in [5.41, 5.74) is 0.738. The number of nitrogens with zero attached hydrogens (tertiary/aromatic N) is 3. The van der Waals surface area contributed by atoms with E-state index in [1.807, 2.05) is 18.2 Å². The Labute approximate surface area is 145 Å². The standard InChI is InChI=1S/C17H20N4O2S/c1-23-14-4-2-3-12(9-14)18-15(22)10-24-17-20-19-16(11-5-6-11)21(17)13-7-8-13/h2-4,9,11,13H,5-8,10H2,1H3,(H,18,22). The Morgan fingerprint density at radius 3 is 2.88 bits per heavy atom. The average Bonchev–Trinajstić information content (AvgIpc) is 3.52. The van der Waals surface area contributed by atoms with Crippen LogP contribution in [0.1, 0.15) is 43.5 Å². The maximum atomic E-state index is 12.2. The van der Waals surface area contributed by atoms with Gasteiger partial charge in [-0.2, -0.15) is 0 Å². The lowest BCUT2D eigenvalue weighted by Crippen LogP contribution is -2.14. The number of benzene rings is 1. The zero-order valence-corrected chi connectivity index (χ0v) is 14.4. The molecule has 1 aromatic carbocycles. The molecular weight excluding hydrogens is 324 g/mol. The lowest BCUT2D eigenvalue weighted by Gasteiger charge is -2.09. The highest BCUT2D eigenvalue weighted by Crippen LogP contribution is 2.45. The van der Waals surface area contributed by atoms with Crippen LogP contribution in [-0.2, 0) is 4.79 Å². The average molecular weight is 344 g/mol. The molecule has 0 saturated heterocycles. The van der Waals surface area contributed by atoms with Crippen molar-refractivity contribution in [1.82, 2.24) is 14.8 Å². The van der Waals surface area contributed by atoms with E-state index < -0.39 is 0 Å². The summed E-state index contributed by atoms with van der Waals surface area (Å²) in [5, 5.41) is 12.5. The third-order valence-corrected chi connectivity index (χ3v) is 5.17. The molecule has 1 heterocycles. The number of nitrogens with one attached hydrogen (secondary N) is 1. The maximum absolute atomic E-state index is 12.2. The molecule has 2 aromatic rings. The van der Waals surface area contributed by atoms with Crippen LogP contribution in [-0.4, -0.2) is 33.5 Å². The molecule has 6 nitrogen and oxygen atoms in total. The summed E-state index contributed by atoms with van der Waals surface area (Å²) in [6.45, 7) is 0. The number of amides is 1. The Hall–Kier alpha value is -2.02. The Bertz CT molecular complexity index is 753. The summed E-state index contributed by atoms with van der Waals surface area (Å²) in [5.74, 6) is 2.70. The molecule has 0 radical (unpaired) electrons. The fourth-order valence-electron chi connectivity index (χ4n) is 2.71. The first-order valence-corrected chi connectivity index (χ1v) is 9.24. The van der Waals surface area contributed by atoms with Gasteiger partial charge in [-0.1, -0.05) is 17.8 Å². The Morgan fingerprint density at radius 2 is 2.17 bits per heavy atom. The summed E-state index contributed by atoms with van der Waals surface area (Å²) in [7, 11) is 1.61. The predicted octanol–water partition coefficient (Wildman–Crippen LogP) is 3.23. The van der Waals surface area contributed by atoms with Crippen molar-refractivity contribution >= 4 is 23.4 Å². The first kappa shape index (κ1) is 15.5. The van der Waals surface area contributed by atoms with Crippen molar-refractivity contribution in [2.45, 2.75) is 42.8 Å². The van der Waals surface area contributed by atoms with Gasteiger partial charge >= 0.3 is 0 Å². The van der Waals surface area contributed by atoms with Crippen LogP contribution in [0.5, 0.6) is 5.75 Å². The lowest BCUT2D eigenvalue weighted by atomic mass is 10.3. The van der Waals surface area contributed by atoms with Gasteiger partial charge in [0.25, 0.3) is 0 Å². The van der Waals surface area contributed by atoms with Gasteiger partial charge in [-0.25, -0.2) is 0 Å². The highest BCUT2D eigenvalue weighted by atomic mass is 32.2. The number of aromatic nitrogens is 3. The van der Waals surface area contributed by atoms with Crippen LogP contribution in [0, 0.1) is 0 Å². The minimum Gasteiger partial charge on any atom is -0.497 e. The number of methoxy groups -OCH3 is 1. The minimum atomic E-state index is -0.0495. The predicted molar refractivity (Wildman–Crippen MR) is 92.6 cm³/mol. The maximum Gasteiger partial charge on any atom is 0.234 e.